The molecule has 0 saturated heterocycles. The zero-order chi connectivity index (χ0) is 36.8. The van der Waals surface area contributed by atoms with Gasteiger partial charge in [-0.25, -0.2) is 0 Å². The van der Waals surface area contributed by atoms with Gasteiger partial charge in [-0.2, -0.15) is 0 Å². The lowest BCUT2D eigenvalue weighted by Gasteiger charge is -2.27. The van der Waals surface area contributed by atoms with E-state index in [1.807, 2.05) is 0 Å². The monoisotopic (exact) mass is 710 g/mol. The molecule has 0 saturated carbocycles. The van der Waals surface area contributed by atoms with Gasteiger partial charge in [0.1, 0.15) is 12.2 Å². The van der Waals surface area contributed by atoms with Gasteiger partial charge in [0.2, 0.25) is 5.91 Å². The molecule has 5 N–H and O–H groups in total. The molecule has 0 aliphatic heterocycles. The van der Waals surface area contributed by atoms with Crippen LogP contribution in [0, 0.1) is 0 Å². The smallest absolute Gasteiger partial charge is 0.249 e. The number of allylic oxidation sites excluding steroid dienone is 2. The van der Waals surface area contributed by atoms with E-state index in [1.54, 1.807) is 0 Å². The summed E-state index contributed by atoms with van der Waals surface area (Å²) in [6.07, 6.45) is 43.3. The average Bonchev–Trinajstić information content (AvgIpc) is 3.12. The average molecular weight is 710 g/mol. The molecular weight excluding hydrogens is 622 g/mol. The highest BCUT2D eigenvalue weighted by molar-refractivity contribution is 5.80. The third kappa shape index (κ3) is 32.9. The lowest BCUT2D eigenvalue weighted by atomic mass is 9.99. The molecule has 0 bridgehead atoms. The van der Waals surface area contributed by atoms with Crippen LogP contribution >= 0.6 is 0 Å². The fraction of sp³-hybridized carbons (Fsp3) is 0.932. The minimum absolute atomic E-state index is 0.371. The van der Waals surface area contributed by atoms with Crippen LogP contribution in [0.2, 0.25) is 0 Å². The predicted octanol–water partition coefficient (Wildman–Crippen LogP) is 11.4. The second-order valence-electron chi connectivity index (χ2n) is 15.4. The van der Waals surface area contributed by atoms with Gasteiger partial charge in [0.15, 0.2) is 0 Å². The van der Waals surface area contributed by atoms with Crippen molar-refractivity contribution in [2.75, 3.05) is 6.61 Å². The third-order valence-corrected chi connectivity index (χ3v) is 10.5. The number of carbonyl (C=O) groups is 1. The van der Waals surface area contributed by atoms with E-state index in [9.17, 15) is 25.2 Å². The van der Waals surface area contributed by atoms with E-state index in [4.69, 9.17) is 0 Å². The summed E-state index contributed by atoms with van der Waals surface area (Å²) in [6.45, 7) is 3.92. The fourth-order valence-electron chi connectivity index (χ4n) is 6.93. The van der Waals surface area contributed by atoms with Gasteiger partial charge in [-0.3, -0.25) is 4.79 Å². The Kier molecular flexibility index (Phi) is 38.5. The van der Waals surface area contributed by atoms with E-state index < -0.39 is 36.9 Å². The van der Waals surface area contributed by atoms with Crippen molar-refractivity contribution in [1.29, 1.82) is 0 Å². The number of unbranched alkanes of at least 4 members (excludes halogenated alkanes) is 29. The van der Waals surface area contributed by atoms with E-state index in [-0.39, 0.29) is 0 Å². The summed E-state index contributed by atoms with van der Waals surface area (Å²) in [5.74, 6) is -0.589. The summed E-state index contributed by atoms with van der Waals surface area (Å²) in [4.78, 5) is 12.4. The molecule has 0 radical (unpaired) electrons. The maximum atomic E-state index is 12.4. The number of hydrogen-bond acceptors (Lipinski definition) is 5. The number of carbonyl (C=O) groups excluding carboxylic acids is 1. The zero-order valence-electron chi connectivity index (χ0n) is 33.4. The largest absolute Gasteiger partial charge is 0.394 e. The van der Waals surface area contributed by atoms with Crippen molar-refractivity contribution in [1.82, 2.24) is 5.32 Å². The SMILES string of the molecule is CCCCCCCCCCCCCC/C=C\CCCCCCCCCCCCCCCCC(O)C(=O)NC(CO)C(O)C(O)CCCCCC. The maximum Gasteiger partial charge on any atom is 0.249 e. The van der Waals surface area contributed by atoms with Gasteiger partial charge >= 0.3 is 0 Å². The molecule has 0 aliphatic carbocycles. The number of nitrogens with one attached hydrogen (secondary N) is 1. The minimum Gasteiger partial charge on any atom is -0.394 e. The quantitative estimate of drug-likeness (QED) is 0.0321. The molecule has 0 aromatic heterocycles. The standard InChI is InChI=1S/C44H87NO5/c1-3-5-7-9-10-11-12-13-14-15-16-17-18-19-20-21-22-23-24-25-26-27-28-29-30-31-32-33-34-36-38-42(48)44(50)45-40(39-46)43(49)41(47)37-35-8-6-4-2/h19-20,40-43,46-49H,3-18,21-39H2,1-2H3,(H,45,50)/b20-19-. The van der Waals surface area contributed by atoms with Crippen LogP contribution in [0.1, 0.15) is 232 Å². The van der Waals surface area contributed by atoms with Gasteiger partial charge in [-0.15, -0.1) is 0 Å². The maximum absolute atomic E-state index is 12.4. The first-order chi connectivity index (χ1) is 24.5. The Bertz CT molecular complexity index is 717. The van der Waals surface area contributed by atoms with Gasteiger partial charge in [0.25, 0.3) is 0 Å². The molecule has 0 aromatic carbocycles. The lowest BCUT2D eigenvalue weighted by Crippen LogP contribution is -2.53. The molecule has 0 aromatic rings. The number of rotatable bonds is 40. The van der Waals surface area contributed by atoms with Crippen LogP contribution in [0.3, 0.4) is 0 Å². The summed E-state index contributed by atoms with van der Waals surface area (Å²) < 4.78 is 0. The van der Waals surface area contributed by atoms with Crippen molar-refractivity contribution in [3.8, 4) is 0 Å². The summed E-state index contributed by atoms with van der Waals surface area (Å²) in [7, 11) is 0. The molecule has 6 heteroatoms. The first kappa shape index (κ1) is 49.0. The van der Waals surface area contributed by atoms with Crippen LogP contribution in [0.15, 0.2) is 12.2 Å². The molecule has 0 aliphatic rings. The first-order valence-electron chi connectivity index (χ1n) is 22.1. The molecule has 0 spiro atoms. The normalized spacial score (nSPS) is 14.3. The Morgan fingerprint density at radius 2 is 0.800 bits per heavy atom. The van der Waals surface area contributed by atoms with Crippen LogP contribution in [0.5, 0.6) is 0 Å². The van der Waals surface area contributed by atoms with Gasteiger partial charge in [0.05, 0.1) is 18.8 Å². The highest BCUT2D eigenvalue weighted by Gasteiger charge is 2.28. The van der Waals surface area contributed by atoms with E-state index >= 15 is 0 Å². The van der Waals surface area contributed by atoms with Gasteiger partial charge in [-0.05, 0) is 38.5 Å². The fourth-order valence-corrected chi connectivity index (χ4v) is 6.93. The molecule has 50 heavy (non-hydrogen) atoms. The van der Waals surface area contributed by atoms with Crippen molar-refractivity contribution in [3.05, 3.63) is 12.2 Å². The first-order valence-corrected chi connectivity index (χ1v) is 22.1. The van der Waals surface area contributed by atoms with Crippen molar-refractivity contribution < 1.29 is 25.2 Å². The van der Waals surface area contributed by atoms with E-state index in [0.717, 1.165) is 44.9 Å². The third-order valence-electron chi connectivity index (χ3n) is 10.5. The Morgan fingerprint density at radius 1 is 0.480 bits per heavy atom. The van der Waals surface area contributed by atoms with Crippen molar-refractivity contribution in [3.63, 3.8) is 0 Å². The van der Waals surface area contributed by atoms with Crippen molar-refractivity contribution in [2.24, 2.45) is 0 Å². The van der Waals surface area contributed by atoms with E-state index in [1.165, 1.54) is 161 Å². The molecule has 0 rings (SSSR count). The highest BCUT2D eigenvalue weighted by atomic mass is 16.3. The van der Waals surface area contributed by atoms with Crippen LogP contribution in [-0.4, -0.2) is 57.3 Å². The number of aliphatic hydroxyl groups excluding tert-OH is 4. The zero-order valence-corrected chi connectivity index (χ0v) is 33.4. The number of aliphatic hydroxyl groups is 4. The van der Waals surface area contributed by atoms with E-state index in [2.05, 4.69) is 31.3 Å². The Hall–Kier alpha value is -0.950. The summed E-state index contributed by atoms with van der Waals surface area (Å²) in [5, 5.41) is 42.9. The topological polar surface area (TPSA) is 110 Å². The molecule has 6 nitrogen and oxygen atoms in total. The Morgan fingerprint density at radius 3 is 1.18 bits per heavy atom. The van der Waals surface area contributed by atoms with Crippen molar-refractivity contribution in [2.45, 2.75) is 257 Å². The van der Waals surface area contributed by atoms with Crippen LogP contribution in [0.4, 0.5) is 0 Å². The molecule has 1 amide bonds. The minimum atomic E-state index is -1.25. The predicted molar refractivity (Wildman–Crippen MR) is 215 cm³/mol. The number of hydrogen-bond donors (Lipinski definition) is 5. The summed E-state index contributed by atoms with van der Waals surface area (Å²) in [5.41, 5.74) is 0. The lowest BCUT2D eigenvalue weighted by molar-refractivity contribution is -0.132. The summed E-state index contributed by atoms with van der Waals surface area (Å²) >= 11 is 0. The van der Waals surface area contributed by atoms with Gasteiger partial charge in [-0.1, -0.05) is 206 Å². The summed E-state index contributed by atoms with van der Waals surface area (Å²) in [6, 6.07) is -0.977. The Balaban J connectivity index is 3.47. The number of amides is 1. The van der Waals surface area contributed by atoms with Crippen LogP contribution in [-0.2, 0) is 4.79 Å². The second kappa shape index (κ2) is 39.3. The van der Waals surface area contributed by atoms with Crippen LogP contribution < -0.4 is 5.32 Å². The van der Waals surface area contributed by atoms with Crippen LogP contribution in [0.25, 0.3) is 0 Å². The highest BCUT2D eigenvalue weighted by Crippen LogP contribution is 2.16. The second-order valence-corrected chi connectivity index (χ2v) is 15.4. The molecular formula is C44H87NO5. The van der Waals surface area contributed by atoms with Gasteiger partial charge < -0.3 is 25.7 Å². The molecule has 4 unspecified atom stereocenters. The van der Waals surface area contributed by atoms with Gasteiger partial charge in [0, 0.05) is 0 Å². The molecule has 298 valence electrons. The Labute approximate surface area is 311 Å². The molecule has 4 atom stereocenters. The molecule has 0 heterocycles. The van der Waals surface area contributed by atoms with E-state index in [0.29, 0.717) is 12.8 Å². The molecule has 0 fully saturated rings. The van der Waals surface area contributed by atoms with Crippen molar-refractivity contribution >= 4 is 5.91 Å².